The second-order valence-electron chi connectivity index (χ2n) is 4.92. The second kappa shape index (κ2) is 6.30. The second-order valence-corrected chi connectivity index (χ2v) is 7.09. The number of benzene rings is 2. The van der Waals surface area contributed by atoms with E-state index in [0.29, 0.717) is 0 Å². The molecule has 1 radical (unpaired) electrons. The summed E-state index contributed by atoms with van der Waals surface area (Å²) in [6.07, 6.45) is 4.24. The van der Waals surface area contributed by atoms with E-state index in [2.05, 4.69) is 59.5 Å². The zero-order valence-electron chi connectivity index (χ0n) is 11.3. The molecule has 3 heteroatoms. The Bertz CT molecular complexity index is 518. The number of carbonyl (C=O) groups excluding carboxylic acids is 1. The Morgan fingerprint density at radius 1 is 0.950 bits per heavy atom. The van der Waals surface area contributed by atoms with Crippen LogP contribution in [0.3, 0.4) is 0 Å². The van der Waals surface area contributed by atoms with Crippen LogP contribution in [0.1, 0.15) is 12.8 Å². The van der Waals surface area contributed by atoms with Gasteiger partial charge in [-0.05, 0) is 23.5 Å². The van der Waals surface area contributed by atoms with Crippen molar-refractivity contribution in [2.24, 2.45) is 0 Å². The molecule has 2 aromatic carbocycles. The van der Waals surface area contributed by atoms with E-state index in [-0.39, 0.29) is 6.04 Å². The molecule has 20 heavy (non-hydrogen) atoms. The molecule has 3 rings (SSSR count). The average molecular weight is 282 g/mol. The third kappa shape index (κ3) is 2.67. The third-order valence-electron chi connectivity index (χ3n) is 3.62. The van der Waals surface area contributed by atoms with Gasteiger partial charge in [-0.2, -0.15) is 0 Å². The summed E-state index contributed by atoms with van der Waals surface area (Å²) in [6, 6.07) is 21.0. The highest BCUT2D eigenvalue weighted by molar-refractivity contribution is 7.70. The SMILES string of the molecule is O=[C][C@@H]1CCCN1P(c1ccccc1)c1ccccc1. The maximum absolute atomic E-state index is 11.2. The van der Waals surface area contributed by atoms with Crippen LogP contribution in [0.4, 0.5) is 0 Å². The fourth-order valence-electron chi connectivity index (χ4n) is 2.69. The van der Waals surface area contributed by atoms with Crippen LogP contribution in [-0.4, -0.2) is 23.5 Å². The van der Waals surface area contributed by atoms with E-state index in [1.807, 2.05) is 12.1 Å². The Kier molecular flexibility index (Phi) is 4.25. The highest BCUT2D eigenvalue weighted by atomic mass is 31.1. The monoisotopic (exact) mass is 282 g/mol. The van der Waals surface area contributed by atoms with E-state index in [9.17, 15) is 4.79 Å². The Labute approximate surface area is 121 Å². The van der Waals surface area contributed by atoms with Gasteiger partial charge in [0.1, 0.15) is 0 Å². The molecule has 0 N–H and O–H groups in total. The standard InChI is InChI=1S/C17H17NOP/c19-14-15-8-7-13-18(15)20(16-9-3-1-4-10-16)17-11-5-2-6-12-17/h1-6,9-12,15H,7-8,13H2/t15-/m0/s1. The molecular formula is C17H17NOP. The summed E-state index contributed by atoms with van der Waals surface area (Å²) in [7, 11) is -0.626. The molecule has 0 unspecified atom stereocenters. The summed E-state index contributed by atoms with van der Waals surface area (Å²) in [5.74, 6) is 0. The first kappa shape index (κ1) is 13.5. The number of hydrogen-bond donors (Lipinski definition) is 0. The number of rotatable bonds is 4. The van der Waals surface area contributed by atoms with Gasteiger partial charge in [0.2, 0.25) is 6.29 Å². The van der Waals surface area contributed by atoms with Gasteiger partial charge in [-0.3, -0.25) is 9.46 Å². The summed E-state index contributed by atoms with van der Waals surface area (Å²) < 4.78 is 2.34. The molecule has 1 heterocycles. The predicted molar refractivity (Wildman–Crippen MR) is 84.5 cm³/mol. The van der Waals surface area contributed by atoms with Crippen LogP contribution < -0.4 is 10.6 Å². The summed E-state index contributed by atoms with van der Waals surface area (Å²) in [4.78, 5) is 11.2. The summed E-state index contributed by atoms with van der Waals surface area (Å²) in [6.45, 7) is 0.982. The minimum atomic E-state index is -0.626. The van der Waals surface area contributed by atoms with Gasteiger partial charge in [0.05, 0.1) is 6.04 Å². The average Bonchev–Trinajstić information content (AvgIpc) is 2.98. The molecule has 2 aromatic rings. The zero-order valence-corrected chi connectivity index (χ0v) is 12.2. The molecule has 1 aliphatic heterocycles. The fourth-order valence-corrected chi connectivity index (χ4v) is 5.28. The third-order valence-corrected chi connectivity index (χ3v) is 6.19. The van der Waals surface area contributed by atoms with Gasteiger partial charge < -0.3 is 0 Å². The maximum Gasteiger partial charge on any atom is 0.217 e. The molecule has 0 amide bonds. The van der Waals surface area contributed by atoms with Gasteiger partial charge in [-0.25, -0.2) is 0 Å². The molecule has 0 aromatic heterocycles. The largest absolute Gasteiger partial charge is 0.289 e. The lowest BCUT2D eigenvalue weighted by atomic mass is 10.2. The molecule has 2 nitrogen and oxygen atoms in total. The van der Waals surface area contributed by atoms with Crippen LogP contribution in [-0.2, 0) is 4.79 Å². The summed E-state index contributed by atoms with van der Waals surface area (Å²) in [5, 5.41) is 2.60. The van der Waals surface area contributed by atoms with Crippen molar-refractivity contribution in [2.75, 3.05) is 6.54 Å². The lowest BCUT2D eigenvalue weighted by molar-refractivity contribution is 0.469. The molecule has 1 aliphatic rings. The van der Waals surface area contributed by atoms with Crippen molar-refractivity contribution >= 4 is 25.0 Å². The van der Waals surface area contributed by atoms with E-state index in [1.54, 1.807) is 0 Å². The van der Waals surface area contributed by atoms with Crippen molar-refractivity contribution in [3.8, 4) is 0 Å². The first-order valence-electron chi connectivity index (χ1n) is 6.94. The van der Waals surface area contributed by atoms with Crippen molar-refractivity contribution in [1.29, 1.82) is 0 Å². The Morgan fingerprint density at radius 2 is 1.50 bits per heavy atom. The van der Waals surface area contributed by atoms with Gasteiger partial charge >= 0.3 is 0 Å². The first-order valence-corrected chi connectivity index (χ1v) is 8.24. The van der Waals surface area contributed by atoms with Crippen molar-refractivity contribution in [2.45, 2.75) is 18.9 Å². The minimum Gasteiger partial charge on any atom is -0.289 e. The number of hydrogen-bond acceptors (Lipinski definition) is 2. The van der Waals surface area contributed by atoms with Crippen molar-refractivity contribution in [3.63, 3.8) is 0 Å². The van der Waals surface area contributed by atoms with E-state index in [1.165, 1.54) is 10.6 Å². The quantitative estimate of drug-likeness (QED) is 0.803. The van der Waals surface area contributed by atoms with Crippen LogP contribution in [0, 0.1) is 0 Å². The van der Waals surface area contributed by atoms with Crippen molar-refractivity contribution < 1.29 is 4.79 Å². The lowest BCUT2D eigenvalue weighted by Crippen LogP contribution is -2.33. The molecule has 0 aliphatic carbocycles. The predicted octanol–water partition coefficient (Wildman–Crippen LogP) is 2.61. The Hall–Kier alpha value is -1.50. The summed E-state index contributed by atoms with van der Waals surface area (Å²) >= 11 is 0. The van der Waals surface area contributed by atoms with Gasteiger partial charge in [0.25, 0.3) is 0 Å². The maximum atomic E-state index is 11.2. The van der Waals surface area contributed by atoms with Gasteiger partial charge in [-0.15, -0.1) is 0 Å². The first-order chi connectivity index (χ1) is 9.90. The molecule has 1 saturated heterocycles. The fraction of sp³-hybridized carbons (Fsp3) is 0.235. The van der Waals surface area contributed by atoms with Crippen LogP contribution in [0.5, 0.6) is 0 Å². The molecule has 0 bridgehead atoms. The van der Waals surface area contributed by atoms with Gasteiger partial charge in [0.15, 0.2) is 0 Å². The number of nitrogens with zero attached hydrogens (tertiary/aromatic N) is 1. The lowest BCUT2D eigenvalue weighted by Gasteiger charge is -2.31. The van der Waals surface area contributed by atoms with Crippen molar-refractivity contribution in [3.05, 3.63) is 60.7 Å². The van der Waals surface area contributed by atoms with Gasteiger partial charge in [-0.1, -0.05) is 60.7 Å². The van der Waals surface area contributed by atoms with E-state index < -0.39 is 8.07 Å². The summed E-state index contributed by atoms with van der Waals surface area (Å²) in [5.41, 5.74) is 0. The van der Waals surface area contributed by atoms with E-state index in [4.69, 9.17) is 0 Å². The van der Waals surface area contributed by atoms with Crippen LogP contribution in [0.15, 0.2) is 60.7 Å². The van der Waals surface area contributed by atoms with Crippen molar-refractivity contribution in [1.82, 2.24) is 4.67 Å². The highest BCUT2D eigenvalue weighted by Gasteiger charge is 2.32. The Balaban J connectivity index is 2.02. The van der Waals surface area contributed by atoms with E-state index in [0.717, 1.165) is 19.4 Å². The zero-order chi connectivity index (χ0) is 13.8. The molecule has 1 atom stereocenters. The highest BCUT2D eigenvalue weighted by Crippen LogP contribution is 2.43. The molecule has 1 fully saturated rings. The van der Waals surface area contributed by atoms with Crippen LogP contribution in [0.25, 0.3) is 0 Å². The van der Waals surface area contributed by atoms with Crippen LogP contribution >= 0.6 is 8.07 Å². The molecule has 0 spiro atoms. The topological polar surface area (TPSA) is 20.3 Å². The molecular weight excluding hydrogens is 265 g/mol. The normalized spacial score (nSPS) is 19.4. The molecule has 0 saturated carbocycles. The van der Waals surface area contributed by atoms with Crippen LogP contribution in [0.2, 0.25) is 0 Å². The minimum absolute atomic E-state index is 0.0541. The Morgan fingerprint density at radius 3 is 2.00 bits per heavy atom. The van der Waals surface area contributed by atoms with Gasteiger partial charge in [0, 0.05) is 14.6 Å². The van der Waals surface area contributed by atoms with E-state index >= 15 is 0 Å². The smallest absolute Gasteiger partial charge is 0.217 e. The molecule has 101 valence electrons.